The maximum atomic E-state index is 11.7. The summed E-state index contributed by atoms with van der Waals surface area (Å²) >= 11 is 0. The van der Waals surface area contributed by atoms with Gasteiger partial charge in [0.2, 0.25) is 0 Å². The van der Waals surface area contributed by atoms with Gasteiger partial charge >= 0.3 is 12.0 Å². The molecule has 6 heteroatoms. The quantitative estimate of drug-likeness (QED) is 0.601. The lowest BCUT2D eigenvalue weighted by molar-refractivity contribution is -0.141. The van der Waals surface area contributed by atoms with Crippen molar-refractivity contribution < 1.29 is 19.8 Å². The number of likely N-dealkylation sites (tertiary alicyclic amines) is 1. The Hall–Kier alpha value is -1.30. The van der Waals surface area contributed by atoms with Crippen LogP contribution in [-0.2, 0) is 4.79 Å². The fourth-order valence-electron chi connectivity index (χ4n) is 2.04. The number of aliphatic carboxylic acids is 1. The van der Waals surface area contributed by atoms with Crippen molar-refractivity contribution in [3.63, 3.8) is 0 Å². The fourth-order valence-corrected chi connectivity index (χ4v) is 2.04. The summed E-state index contributed by atoms with van der Waals surface area (Å²) < 4.78 is 0. The highest BCUT2D eigenvalue weighted by Crippen LogP contribution is 2.29. The van der Waals surface area contributed by atoms with E-state index in [-0.39, 0.29) is 25.0 Å². The molecule has 1 saturated heterocycles. The minimum Gasteiger partial charge on any atom is -0.480 e. The summed E-state index contributed by atoms with van der Waals surface area (Å²) in [5, 5.41) is 21.1. The van der Waals surface area contributed by atoms with E-state index < -0.39 is 18.1 Å². The summed E-state index contributed by atoms with van der Waals surface area (Å²) in [5.41, 5.74) is 0. The SMILES string of the molecule is CC1CC1NC(=O)N1CC(O)CC1C(=O)O. The number of carboxylic acid groups (broad SMARTS) is 1. The second kappa shape index (κ2) is 3.93. The van der Waals surface area contributed by atoms with E-state index in [1.807, 2.05) is 6.92 Å². The molecule has 2 fully saturated rings. The van der Waals surface area contributed by atoms with Gasteiger partial charge in [-0.25, -0.2) is 9.59 Å². The van der Waals surface area contributed by atoms with Crippen molar-refractivity contribution in [2.75, 3.05) is 6.54 Å². The van der Waals surface area contributed by atoms with Gasteiger partial charge in [0.15, 0.2) is 0 Å². The number of urea groups is 1. The van der Waals surface area contributed by atoms with Crippen molar-refractivity contribution in [3.8, 4) is 0 Å². The topological polar surface area (TPSA) is 89.9 Å². The average Bonchev–Trinajstić information content (AvgIpc) is 2.74. The highest BCUT2D eigenvalue weighted by Gasteiger charge is 2.41. The monoisotopic (exact) mass is 228 g/mol. The van der Waals surface area contributed by atoms with Gasteiger partial charge in [-0.1, -0.05) is 6.92 Å². The van der Waals surface area contributed by atoms with E-state index in [0.29, 0.717) is 5.92 Å². The van der Waals surface area contributed by atoms with Crippen LogP contribution in [0.4, 0.5) is 4.79 Å². The lowest BCUT2D eigenvalue weighted by atomic mass is 10.2. The molecule has 0 aromatic heterocycles. The minimum absolute atomic E-state index is 0.101. The van der Waals surface area contributed by atoms with Gasteiger partial charge < -0.3 is 20.4 Å². The molecule has 1 heterocycles. The first-order valence-corrected chi connectivity index (χ1v) is 5.47. The zero-order chi connectivity index (χ0) is 11.9. The molecule has 0 spiro atoms. The second-order valence-corrected chi connectivity index (χ2v) is 4.66. The van der Waals surface area contributed by atoms with Crippen LogP contribution >= 0.6 is 0 Å². The predicted octanol–water partition coefficient (Wildman–Crippen LogP) is -0.376. The van der Waals surface area contributed by atoms with Crippen molar-refractivity contribution in [2.24, 2.45) is 5.92 Å². The summed E-state index contributed by atoms with van der Waals surface area (Å²) in [6, 6.07) is -1.11. The molecule has 90 valence electrons. The van der Waals surface area contributed by atoms with Crippen LogP contribution in [0.2, 0.25) is 0 Å². The van der Waals surface area contributed by atoms with Gasteiger partial charge in [0, 0.05) is 19.0 Å². The van der Waals surface area contributed by atoms with Gasteiger partial charge in [-0.15, -0.1) is 0 Å². The van der Waals surface area contributed by atoms with Crippen molar-refractivity contribution >= 4 is 12.0 Å². The number of hydrogen-bond donors (Lipinski definition) is 3. The van der Waals surface area contributed by atoms with Crippen molar-refractivity contribution in [3.05, 3.63) is 0 Å². The van der Waals surface area contributed by atoms with Crippen LogP contribution in [0.15, 0.2) is 0 Å². The van der Waals surface area contributed by atoms with Crippen LogP contribution in [0, 0.1) is 5.92 Å². The van der Waals surface area contributed by atoms with Crippen LogP contribution in [0.25, 0.3) is 0 Å². The summed E-state index contributed by atoms with van der Waals surface area (Å²) in [4.78, 5) is 23.8. The Labute approximate surface area is 93.2 Å². The number of carbonyl (C=O) groups excluding carboxylic acids is 1. The molecule has 0 bridgehead atoms. The maximum absolute atomic E-state index is 11.7. The van der Waals surface area contributed by atoms with Crippen molar-refractivity contribution in [1.82, 2.24) is 10.2 Å². The molecule has 0 radical (unpaired) electrons. The average molecular weight is 228 g/mol. The number of nitrogens with zero attached hydrogens (tertiary/aromatic N) is 1. The molecule has 2 rings (SSSR count). The second-order valence-electron chi connectivity index (χ2n) is 4.66. The summed E-state index contributed by atoms with van der Waals surface area (Å²) in [6.07, 6.45) is 0.325. The normalized spacial score (nSPS) is 37.2. The number of aliphatic hydroxyl groups is 1. The molecular formula is C10H16N2O4. The first-order chi connectivity index (χ1) is 7.49. The Kier molecular flexibility index (Phi) is 2.75. The summed E-state index contributed by atoms with van der Waals surface area (Å²) in [6.45, 7) is 2.13. The Balaban J connectivity index is 1.95. The number of carbonyl (C=O) groups is 2. The predicted molar refractivity (Wildman–Crippen MR) is 54.9 cm³/mol. The smallest absolute Gasteiger partial charge is 0.326 e. The summed E-state index contributed by atoms with van der Waals surface area (Å²) in [5.74, 6) is -0.588. The number of β-amino-alcohol motifs (C(OH)–C–C–N with tert-alkyl or cyclic N) is 1. The van der Waals surface area contributed by atoms with Crippen LogP contribution in [0.5, 0.6) is 0 Å². The van der Waals surface area contributed by atoms with E-state index in [4.69, 9.17) is 5.11 Å². The third-order valence-electron chi connectivity index (χ3n) is 3.24. The molecule has 2 amide bonds. The van der Waals surface area contributed by atoms with Crippen LogP contribution in [-0.4, -0.2) is 51.8 Å². The molecule has 16 heavy (non-hydrogen) atoms. The molecular weight excluding hydrogens is 212 g/mol. The lowest BCUT2D eigenvalue weighted by Crippen LogP contribution is -2.47. The zero-order valence-electron chi connectivity index (χ0n) is 9.09. The largest absolute Gasteiger partial charge is 0.480 e. The number of amides is 2. The fraction of sp³-hybridized carbons (Fsp3) is 0.800. The van der Waals surface area contributed by atoms with E-state index in [0.717, 1.165) is 6.42 Å². The highest BCUT2D eigenvalue weighted by molar-refractivity contribution is 5.83. The van der Waals surface area contributed by atoms with Crippen molar-refractivity contribution in [2.45, 2.75) is 38.0 Å². The molecule has 0 aromatic rings. The first kappa shape index (κ1) is 11.2. The van der Waals surface area contributed by atoms with Crippen LogP contribution in [0.3, 0.4) is 0 Å². The van der Waals surface area contributed by atoms with Crippen LogP contribution in [0.1, 0.15) is 19.8 Å². The Morgan fingerprint density at radius 3 is 2.50 bits per heavy atom. The number of hydrogen-bond acceptors (Lipinski definition) is 3. The van der Waals surface area contributed by atoms with E-state index in [9.17, 15) is 14.7 Å². The third-order valence-corrected chi connectivity index (χ3v) is 3.24. The third kappa shape index (κ3) is 2.11. The Morgan fingerprint density at radius 2 is 2.00 bits per heavy atom. The van der Waals surface area contributed by atoms with Crippen LogP contribution < -0.4 is 5.32 Å². The van der Waals surface area contributed by atoms with E-state index in [1.165, 1.54) is 4.90 Å². The molecule has 1 saturated carbocycles. The lowest BCUT2D eigenvalue weighted by Gasteiger charge is -2.21. The maximum Gasteiger partial charge on any atom is 0.326 e. The molecule has 3 N–H and O–H groups in total. The zero-order valence-corrected chi connectivity index (χ0v) is 9.09. The van der Waals surface area contributed by atoms with Crippen molar-refractivity contribution in [1.29, 1.82) is 0 Å². The van der Waals surface area contributed by atoms with Gasteiger partial charge in [0.25, 0.3) is 0 Å². The molecule has 1 aliphatic carbocycles. The molecule has 6 nitrogen and oxygen atoms in total. The number of rotatable bonds is 2. The van der Waals surface area contributed by atoms with Gasteiger partial charge in [0.05, 0.1) is 6.10 Å². The van der Waals surface area contributed by atoms with Gasteiger partial charge in [-0.2, -0.15) is 0 Å². The molecule has 1 aliphatic heterocycles. The summed E-state index contributed by atoms with van der Waals surface area (Å²) in [7, 11) is 0. The molecule has 0 aromatic carbocycles. The van der Waals surface area contributed by atoms with E-state index in [1.54, 1.807) is 0 Å². The standard InChI is InChI=1S/C10H16N2O4/c1-5-2-7(5)11-10(16)12-4-6(13)3-8(12)9(14)15/h5-8,13H,2-4H2,1H3,(H,11,16)(H,14,15). The first-order valence-electron chi connectivity index (χ1n) is 5.47. The highest BCUT2D eigenvalue weighted by atomic mass is 16.4. The number of carboxylic acids is 1. The molecule has 4 unspecified atom stereocenters. The molecule has 4 atom stereocenters. The van der Waals surface area contributed by atoms with E-state index in [2.05, 4.69) is 5.32 Å². The number of aliphatic hydroxyl groups excluding tert-OH is 1. The van der Waals surface area contributed by atoms with Gasteiger partial charge in [-0.3, -0.25) is 0 Å². The van der Waals surface area contributed by atoms with Gasteiger partial charge in [0.1, 0.15) is 6.04 Å². The number of nitrogens with one attached hydrogen (secondary N) is 1. The Bertz CT molecular complexity index is 320. The minimum atomic E-state index is -1.06. The van der Waals surface area contributed by atoms with Gasteiger partial charge in [-0.05, 0) is 12.3 Å². The Morgan fingerprint density at radius 1 is 1.38 bits per heavy atom. The molecule has 2 aliphatic rings. The van der Waals surface area contributed by atoms with E-state index >= 15 is 0 Å².